The first kappa shape index (κ1) is 14.4. The van der Waals surface area contributed by atoms with Gasteiger partial charge in [-0.1, -0.05) is 6.08 Å². The second-order valence-corrected chi connectivity index (χ2v) is 3.92. The molecule has 0 saturated carbocycles. The van der Waals surface area contributed by atoms with Crippen molar-refractivity contribution in [3.8, 4) is 17.2 Å². The Hall–Kier alpha value is -1.68. The Morgan fingerprint density at radius 1 is 1.17 bits per heavy atom. The summed E-state index contributed by atoms with van der Waals surface area (Å²) in [7, 11) is 4.88. The SMILES string of the molecule is C=CC(C)NCc1c(OC)cc(OC)cc1OC. The van der Waals surface area contributed by atoms with E-state index in [2.05, 4.69) is 11.9 Å². The summed E-state index contributed by atoms with van der Waals surface area (Å²) in [5, 5.41) is 3.32. The minimum Gasteiger partial charge on any atom is -0.496 e. The molecule has 1 rings (SSSR count). The van der Waals surface area contributed by atoms with Crippen LogP contribution in [0.1, 0.15) is 12.5 Å². The summed E-state index contributed by atoms with van der Waals surface area (Å²) in [6.07, 6.45) is 1.85. The maximum atomic E-state index is 5.37. The number of methoxy groups -OCH3 is 3. The van der Waals surface area contributed by atoms with E-state index in [-0.39, 0.29) is 6.04 Å². The van der Waals surface area contributed by atoms with Gasteiger partial charge >= 0.3 is 0 Å². The number of nitrogens with one attached hydrogen (secondary N) is 1. The maximum absolute atomic E-state index is 5.37. The van der Waals surface area contributed by atoms with E-state index in [0.29, 0.717) is 12.3 Å². The molecule has 0 bridgehead atoms. The van der Waals surface area contributed by atoms with Crippen molar-refractivity contribution in [2.75, 3.05) is 21.3 Å². The molecule has 18 heavy (non-hydrogen) atoms. The molecule has 4 heteroatoms. The van der Waals surface area contributed by atoms with Gasteiger partial charge in [-0.05, 0) is 6.92 Å². The molecule has 0 heterocycles. The molecule has 4 nitrogen and oxygen atoms in total. The Labute approximate surface area is 109 Å². The summed E-state index contributed by atoms with van der Waals surface area (Å²) < 4.78 is 15.9. The molecule has 1 unspecified atom stereocenters. The number of hydrogen-bond donors (Lipinski definition) is 1. The molecule has 0 aromatic heterocycles. The van der Waals surface area contributed by atoms with Crippen molar-refractivity contribution < 1.29 is 14.2 Å². The molecule has 1 aromatic rings. The molecule has 0 spiro atoms. The lowest BCUT2D eigenvalue weighted by Crippen LogP contribution is -2.23. The molecule has 1 atom stereocenters. The first-order valence-electron chi connectivity index (χ1n) is 5.81. The van der Waals surface area contributed by atoms with Gasteiger partial charge in [-0.25, -0.2) is 0 Å². The Balaban J connectivity index is 3.02. The van der Waals surface area contributed by atoms with Gasteiger partial charge in [0, 0.05) is 24.7 Å². The molecule has 0 aliphatic carbocycles. The van der Waals surface area contributed by atoms with Crippen LogP contribution in [0.2, 0.25) is 0 Å². The van der Waals surface area contributed by atoms with E-state index in [1.807, 2.05) is 25.1 Å². The van der Waals surface area contributed by atoms with Gasteiger partial charge in [0.25, 0.3) is 0 Å². The van der Waals surface area contributed by atoms with E-state index < -0.39 is 0 Å². The van der Waals surface area contributed by atoms with Crippen LogP contribution in [0.5, 0.6) is 17.2 Å². The van der Waals surface area contributed by atoms with Crippen LogP contribution in [-0.4, -0.2) is 27.4 Å². The van der Waals surface area contributed by atoms with Crippen molar-refractivity contribution in [3.63, 3.8) is 0 Å². The highest BCUT2D eigenvalue weighted by atomic mass is 16.5. The average molecular weight is 251 g/mol. The van der Waals surface area contributed by atoms with Gasteiger partial charge in [-0.3, -0.25) is 0 Å². The molecule has 100 valence electrons. The van der Waals surface area contributed by atoms with Crippen LogP contribution in [0, 0.1) is 0 Å². The number of ether oxygens (including phenoxy) is 3. The topological polar surface area (TPSA) is 39.7 Å². The minimum atomic E-state index is 0.224. The number of hydrogen-bond acceptors (Lipinski definition) is 4. The van der Waals surface area contributed by atoms with E-state index in [0.717, 1.165) is 17.1 Å². The zero-order chi connectivity index (χ0) is 13.5. The summed E-state index contributed by atoms with van der Waals surface area (Å²) >= 11 is 0. The molecule has 0 amide bonds. The van der Waals surface area contributed by atoms with Gasteiger partial charge in [0.05, 0.1) is 26.9 Å². The molecule has 0 aliphatic rings. The molecule has 0 saturated heterocycles. The fourth-order valence-electron chi connectivity index (χ4n) is 1.60. The standard InChI is InChI=1S/C14H21NO3/c1-6-10(2)15-9-12-13(17-4)7-11(16-3)8-14(12)18-5/h6-8,10,15H,1,9H2,2-5H3. The summed E-state index contributed by atoms with van der Waals surface area (Å²) in [6, 6.07) is 3.91. The summed E-state index contributed by atoms with van der Waals surface area (Å²) in [6.45, 7) is 6.42. The molecule has 0 aliphatic heterocycles. The molecular formula is C14H21NO3. The van der Waals surface area contributed by atoms with Crippen molar-refractivity contribution in [3.05, 3.63) is 30.4 Å². The van der Waals surface area contributed by atoms with Crippen LogP contribution in [-0.2, 0) is 6.54 Å². The average Bonchev–Trinajstić information content (AvgIpc) is 2.43. The third-order valence-corrected chi connectivity index (χ3v) is 2.77. The van der Waals surface area contributed by atoms with Crippen LogP contribution < -0.4 is 19.5 Å². The summed E-state index contributed by atoms with van der Waals surface area (Å²) in [5.41, 5.74) is 0.967. The van der Waals surface area contributed by atoms with Gasteiger partial charge < -0.3 is 19.5 Å². The summed E-state index contributed by atoms with van der Waals surface area (Å²) in [5.74, 6) is 2.20. The molecular weight excluding hydrogens is 230 g/mol. The minimum absolute atomic E-state index is 0.224. The third kappa shape index (κ3) is 3.40. The van der Waals surface area contributed by atoms with E-state index >= 15 is 0 Å². The lowest BCUT2D eigenvalue weighted by Gasteiger charge is -2.17. The first-order chi connectivity index (χ1) is 8.65. The normalized spacial score (nSPS) is 11.8. The first-order valence-corrected chi connectivity index (χ1v) is 5.81. The van der Waals surface area contributed by atoms with Gasteiger partial charge in [0.1, 0.15) is 17.2 Å². The quantitative estimate of drug-likeness (QED) is 0.755. The lowest BCUT2D eigenvalue weighted by molar-refractivity contribution is 0.366. The highest BCUT2D eigenvalue weighted by Gasteiger charge is 2.13. The third-order valence-electron chi connectivity index (χ3n) is 2.77. The van der Waals surface area contributed by atoms with Gasteiger partial charge in [-0.2, -0.15) is 0 Å². The molecule has 0 radical (unpaired) electrons. The highest BCUT2D eigenvalue weighted by molar-refractivity contribution is 5.50. The fraction of sp³-hybridized carbons (Fsp3) is 0.429. The Kier molecular flexibility index (Phi) is 5.52. The van der Waals surface area contributed by atoms with Gasteiger partial charge in [-0.15, -0.1) is 6.58 Å². The van der Waals surface area contributed by atoms with Crippen molar-refractivity contribution >= 4 is 0 Å². The smallest absolute Gasteiger partial charge is 0.130 e. The van der Waals surface area contributed by atoms with Gasteiger partial charge in [0.15, 0.2) is 0 Å². The summed E-state index contributed by atoms with van der Waals surface area (Å²) in [4.78, 5) is 0. The molecule has 1 aromatic carbocycles. The van der Waals surface area contributed by atoms with Gasteiger partial charge in [0.2, 0.25) is 0 Å². The predicted molar refractivity (Wildman–Crippen MR) is 72.6 cm³/mol. The monoisotopic (exact) mass is 251 g/mol. The zero-order valence-electron chi connectivity index (χ0n) is 11.4. The predicted octanol–water partition coefficient (Wildman–Crippen LogP) is 2.38. The van der Waals surface area contributed by atoms with Crippen LogP contribution in [0.25, 0.3) is 0 Å². The Morgan fingerprint density at radius 3 is 2.11 bits per heavy atom. The largest absolute Gasteiger partial charge is 0.496 e. The lowest BCUT2D eigenvalue weighted by atomic mass is 10.1. The number of benzene rings is 1. The van der Waals surface area contributed by atoms with E-state index in [1.165, 1.54) is 0 Å². The van der Waals surface area contributed by atoms with Crippen LogP contribution in [0.4, 0.5) is 0 Å². The van der Waals surface area contributed by atoms with Crippen LogP contribution >= 0.6 is 0 Å². The van der Waals surface area contributed by atoms with E-state index in [9.17, 15) is 0 Å². The van der Waals surface area contributed by atoms with Crippen molar-refractivity contribution in [2.45, 2.75) is 19.5 Å². The second-order valence-electron chi connectivity index (χ2n) is 3.92. The van der Waals surface area contributed by atoms with E-state index in [1.54, 1.807) is 21.3 Å². The van der Waals surface area contributed by atoms with E-state index in [4.69, 9.17) is 14.2 Å². The van der Waals surface area contributed by atoms with Crippen molar-refractivity contribution in [1.29, 1.82) is 0 Å². The second kappa shape index (κ2) is 6.91. The highest BCUT2D eigenvalue weighted by Crippen LogP contribution is 2.33. The number of rotatable bonds is 7. The fourth-order valence-corrected chi connectivity index (χ4v) is 1.60. The van der Waals surface area contributed by atoms with Crippen LogP contribution in [0.15, 0.2) is 24.8 Å². The molecule has 1 N–H and O–H groups in total. The van der Waals surface area contributed by atoms with Crippen LogP contribution in [0.3, 0.4) is 0 Å². The Bertz CT molecular complexity index is 379. The van der Waals surface area contributed by atoms with Crippen molar-refractivity contribution in [2.24, 2.45) is 0 Å². The molecule has 0 fully saturated rings. The maximum Gasteiger partial charge on any atom is 0.130 e. The zero-order valence-corrected chi connectivity index (χ0v) is 11.4. The van der Waals surface area contributed by atoms with Crippen molar-refractivity contribution in [1.82, 2.24) is 5.32 Å². The Morgan fingerprint density at radius 2 is 1.72 bits per heavy atom.